The Morgan fingerprint density at radius 3 is 3.14 bits per heavy atom. The van der Waals surface area contributed by atoms with Crippen LogP contribution in [0.15, 0.2) is 41.1 Å². The predicted molar refractivity (Wildman–Crippen MR) is 76.6 cm³/mol. The molecule has 1 aliphatic heterocycles. The van der Waals surface area contributed by atoms with Gasteiger partial charge in [-0.15, -0.1) is 0 Å². The molecule has 6 heteroatoms. The lowest BCUT2D eigenvalue weighted by Gasteiger charge is -2.20. The van der Waals surface area contributed by atoms with Crippen molar-refractivity contribution in [3.63, 3.8) is 0 Å². The number of pyridine rings is 1. The highest BCUT2D eigenvalue weighted by Gasteiger charge is 2.21. The Morgan fingerprint density at radius 1 is 1.24 bits per heavy atom. The van der Waals surface area contributed by atoms with Gasteiger partial charge in [-0.3, -0.25) is 4.98 Å². The van der Waals surface area contributed by atoms with Crippen molar-refractivity contribution in [2.24, 2.45) is 0 Å². The minimum Gasteiger partial charge on any atom is -0.378 e. The quantitative estimate of drug-likeness (QED) is 0.774. The molecule has 0 aliphatic carbocycles. The van der Waals surface area contributed by atoms with E-state index in [0.717, 1.165) is 29.6 Å². The minimum absolute atomic E-state index is 0.00151. The lowest BCUT2D eigenvalue weighted by atomic mass is 10.1. The molecule has 1 N–H and O–H groups in total. The number of hydrogen-bond acceptors (Lipinski definition) is 6. The molecule has 1 saturated heterocycles. The summed E-state index contributed by atoms with van der Waals surface area (Å²) in [6, 6.07) is 9.82. The summed E-state index contributed by atoms with van der Waals surface area (Å²) in [7, 11) is 0. The Kier molecular flexibility index (Phi) is 3.10. The maximum atomic E-state index is 5.42. The number of fused-ring (bicyclic) bond motifs is 1. The second kappa shape index (κ2) is 5.23. The molecule has 1 aliphatic rings. The van der Waals surface area contributed by atoms with Crippen molar-refractivity contribution in [2.75, 3.05) is 19.8 Å². The third kappa shape index (κ3) is 2.39. The van der Waals surface area contributed by atoms with Crippen molar-refractivity contribution in [1.29, 1.82) is 0 Å². The van der Waals surface area contributed by atoms with Crippen molar-refractivity contribution in [3.05, 3.63) is 42.4 Å². The molecule has 6 nitrogen and oxygen atoms in total. The van der Waals surface area contributed by atoms with Gasteiger partial charge in [0.05, 0.1) is 24.8 Å². The average molecular weight is 282 g/mol. The van der Waals surface area contributed by atoms with Crippen LogP contribution in [-0.2, 0) is 4.74 Å². The van der Waals surface area contributed by atoms with Gasteiger partial charge < -0.3 is 14.6 Å². The molecule has 106 valence electrons. The Balaban J connectivity index is 1.67. The lowest BCUT2D eigenvalue weighted by Crippen LogP contribution is -2.35. The summed E-state index contributed by atoms with van der Waals surface area (Å²) < 4.78 is 10.8. The second-order valence-electron chi connectivity index (χ2n) is 4.95. The fourth-order valence-electron chi connectivity index (χ4n) is 2.43. The van der Waals surface area contributed by atoms with Gasteiger partial charge in [0.25, 0.3) is 5.89 Å². The summed E-state index contributed by atoms with van der Waals surface area (Å²) in [4.78, 5) is 8.77. The van der Waals surface area contributed by atoms with Gasteiger partial charge in [0, 0.05) is 23.7 Å². The first-order chi connectivity index (χ1) is 10.4. The number of morpholine rings is 1. The molecule has 0 bridgehead atoms. The van der Waals surface area contributed by atoms with Gasteiger partial charge in [0.1, 0.15) is 0 Å². The normalized spacial score (nSPS) is 19.0. The number of hydrogen-bond donors (Lipinski definition) is 1. The lowest BCUT2D eigenvalue weighted by molar-refractivity contribution is 0.0734. The van der Waals surface area contributed by atoms with E-state index in [1.165, 1.54) is 0 Å². The van der Waals surface area contributed by atoms with E-state index in [9.17, 15) is 0 Å². The summed E-state index contributed by atoms with van der Waals surface area (Å²) in [5.41, 5.74) is 1.84. The standard InChI is InChI=1S/C15H14N4O2/c1-2-10-8-11(3-4-12(10)16-5-1)15-18-14(19-21-15)13-9-20-7-6-17-13/h1-5,8,13,17H,6-7,9H2. The molecule has 0 radical (unpaired) electrons. The zero-order chi connectivity index (χ0) is 14.1. The topological polar surface area (TPSA) is 73.1 Å². The van der Waals surface area contributed by atoms with Crippen LogP contribution in [0.4, 0.5) is 0 Å². The van der Waals surface area contributed by atoms with Crippen LogP contribution >= 0.6 is 0 Å². The molecule has 1 atom stereocenters. The second-order valence-corrected chi connectivity index (χ2v) is 4.95. The molecule has 1 fully saturated rings. The van der Waals surface area contributed by atoms with E-state index in [4.69, 9.17) is 9.26 Å². The zero-order valence-electron chi connectivity index (χ0n) is 11.3. The summed E-state index contributed by atoms with van der Waals surface area (Å²) in [6.07, 6.45) is 1.78. The monoisotopic (exact) mass is 282 g/mol. The van der Waals surface area contributed by atoms with Crippen molar-refractivity contribution in [1.82, 2.24) is 20.4 Å². The van der Waals surface area contributed by atoms with E-state index < -0.39 is 0 Å². The van der Waals surface area contributed by atoms with Crippen LogP contribution in [0.25, 0.3) is 22.4 Å². The fourth-order valence-corrected chi connectivity index (χ4v) is 2.43. The largest absolute Gasteiger partial charge is 0.378 e. The molecule has 3 heterocycles. The van der Waals surface area contributed by atoms with E-state index in [1.54, 1.807) is 6.20 Å². The highest BCUT2D eigenvalue weighted by atomic mass is 16.5. The number of benzene rings is 1. The molecule has 1 unspecified atom stereocenters. The predicted octanol–water partition coefficient (Wildman–Crippen LogP) is 1.95. The Morgan fingerprint density at radius 2 is 2.24 bits per heavy atom. The van der Waals surface area contributed by atoms with Crippen LogP contribution in [0, 0.1) is 0 Å². The van der Waals surface area contributed by atoms with Gasteiger partial charge >= 0.3 is 0 Å². The van der Waals surface area contributed by atoms with Crippen LogP contribution in [0.1, 0.15) is 11.9 Å². The summed E-state index contributed by atoms with van der Waals surface area (Å²) in [5.74, 6) is 1.15. The number of rotatable bonds is 2. The third-order valence-corrected chi connectivity index (χ3v) is 3.53. The van der Waals surface area contributed by atoms with Crippen molar-refractivity contribution >= 4 is 10.9 Å². The van der Waals surface area contributed by atoms with Crippen molar-refractivity contribution in [3.8, 4) is 11.5 Å². The fraction of sp³-hybridized carbons (Fsp3) is 0.267. The molecule has 0 amide bonds. The van der Waals surface area contributed by atoms with E-state index in [-0.39, 0.29) is 6.04 Å². The number of aromatic nitrogens is 3. The molecule has 4 rings (SSSR count). The summed E-state index contributed by atoms with van der Waals surface area (Å²) in [5, 5.41) is 8.41. The Labute approximate surface area is 121 Å². The summed E-state index contributed by atoms with van der Waals surface area (Å²) in [6.45, 7) is 2.09. The van der Waals surface area contributed by atoms with Gasteiger partial charge in [0.15, 0.2) is 5.82 Å². The van der Waals surface area contributed by atoms with Gasteiger partial charge in [0.2, 0.25) is 0 Å². The van der Waals surface area contributed by atoms with Crippen LogP contribution in [0.2, 0.25) is 0 Å². The maximum absolute atomic E-state index is 5.42. The van der Waals surface area contributed by atoms with Crippen molar-refractivity contribution in [2.45, 2.75) is 6.04 Å². The highest BCUT2D eigenvalue weighted by molar-refractivity contribution is 5.82. The number of nitrogens with one attached hydrogen (secondary N) is 1. The number of ether oxygens (including phenoxy) is 1. The first kappa shape index (κ1) is 12.4. The first-order valence-electron chi connectivity index (χ1n) is 6.90. The van der Waals surface area contributed by atoms with E-state index in [0.29, 0.717) is 18.3 Å². The van der Waals surface area contributed by atoms with Gasteiger partial charge in [-0.05, 0) is 24.3 Å². The molecular weight excluding hydrogens is 268 g/mol. The van der Waals surface area contributed by atoms with Gasteiger partial charge in [-0.25, -0.2) is 0 Å². The molecule has 0 saturated carbocycles. The third-order valence-electron chi connectivity index (χ3n) is 3.53. The smallest absolute Gasteiger partial charge is 0.258 e. The minimum atomic E-state index is -0.00151. The van der Waals surface area contributed by atoms with Crippen LogP contribution < -0.4 is 5.32 Å². The van der Waals surface area contributed by atoms with E-state index in [1.807, 2.05) is 30.3 Å². The Bertz CT molecular complexity index is 765. The maximum Gasteiger partial charge on any atom is 0.258 e. The summed E-state index contributed by atoms with van der Waals surface area (Å²) >= 11 is 0. The average Bonchev–Trinajstić information content (AvgIpc) is 3.05. The van der Waals surface area contributed by atoms with E-state index in [2.05, 4.69) is 20.4 Å². The highest BCUT2D eigenvalue weighted by Crippen LogP contribution is 2.23. The molecule has 3 aromatic rings. The molecule has 21 heavy (non-hydrogen) atoms. The van der Waals surface area contributed by atoms with Crippen LogP contribution in [0.3, 0.4) is 0 Å². The van der Waals surface area contributed by atoms with Crippen LogP contribution in [0.5, 0.6) is 0 Å². The Hall–Kier alpha value is -2.31. The van der Waals surface area contributed by atoms with Gasteiger partial charge in [-0.2, -0.15) is 4.98 Å². The van der Waals surface area contributed by atoms with E-state index >= 15 is 0 Å². The zero-order valence-corrected chi connectivity index (χ0v) is 11.3. The SMILES string of the molecule is c1cnc2ccc(-c3nc(C4COCCN4)no3)cc2c1. The van der Waals surface area contributed by atoms with Crippen molar-refractivity contribution < 1.29 is 9.26 Å². The number of nitrogens with zero attached hydrogens (tertiary/aromatic N) is 3. The van der Waals surface area contributed by atoms with Gasteiger partial charge in [-0.1, -0.05) is 11.2 Å². The molecule has 0 spiro atoms. The molecular formula is C15H14N4O2. The molecule has 1 aromatic carbocycles. The molecule has 2 aromatic heterocycles. The first-order valence-corrected chi connectivity index (χ1v) is 6.90. The van der Waals surface area contributed by atoms with Crippen LogP contribution in [-0.4, -0.2) is 34.9 Å².